The molecular weight excluding hydrogens is 222 g/mol. The molecule has 0 aromatic heterocycles. The summed E-state index contributed by atoms with van der Waals surface area (Å²) in [5.74, 6) is 0. The standard InChI is InChI=1S/C15H27N3/c1-6-13(2)9-10-15(17-3)12-14(16)8-7-11-18(4)5/h6,8-10H,7,11-12,16H2,1-5H3/b10-9-,13-6-,14-8-,17-15?. The molecule has 0 aliphatic carbocycles. The molecule has 102 valence electrons. The van der Waals surface area contributed by atoms with E-state index < -0.39 is 0 Å². The van der Waals surface area contributed by atoms with Gasteiger partial charge in [0.1, 0.15) is 0 Å². The maximum atomic E-state index is 5.99. The summed E-state index contributed by atoms with van der Waals surface area (Å²) in [6.45, 7) is 5.12. The van der Waals surface area contributed by atoms with Gasteiger partial charge in [0.25, 0.3) is 0 Å². The molecule has 0 radical (unpaired) electrons. The number of aliphatic imine (C=N–C) groups is 1. The van der Waals surface area contributed by atoms with Crippen molar-refractivity contribution < 1.29 is 0 Å². The van der Waals surface area contributed by atoms with Crippen molar-refractivity contribution in [1.82, 2.24) is 4.90 Å². The largest absolute Gasteiger partial charge is 0.402 e. The van der Waals surface area contributed by atoms with Gasteiger partial charge >= 0.3 is 0 Å². The monoisotopic (exact) mass is 249 g/mol. The molecule has 0 aromatic rings. The minimum absolute atomic E-state index is 0.720. The van der Waals surface area contributed by atoms with E-state index in [-0.39, 0.29) is 0 Å². The summed E-state index contributed by atoms with van der Waals surface area (Å²) in [5, 5.41) is 0. The molecule has 0 heterocycles. The highest BCUT2D eigenvalue weighted by atomic mass is 15.0. The van der Waals surface area contributed by atoms with Gasteiger partial charge in [-0.3, -0.25) is 4.99 Å². The Bertz CT molecular complexity index is 347. The van der Waals surface area contributed by atoms with Gasteiger partial charge in [-0.1, -0.05) is 23.8 Å². The van der Waals surface area contributed by atoms with Crippen molar-refractivity contribution in [2.45, 2.75) is 26.7 Å². The molecule has 0 spiro atoms. The van der Waals surface area contributed by atoms with Crippen LogP contribution in [0, 0.1) is 0 Å². The molecule has 18 heavy (non-hydrogen) atoms. The van der Waals surface area contributed by atoms with E-state index in [2.05, 4.69) is 49.1 Å². The summed E-state index contributed by atoms with van der Waals surface area (Å²) < 4.78 is 0. The first-order chi connectivity index (χ1) is 8.49. The van der Waals surface area contributed by atoms with Crippen molar-refractivity contribution in [3.05, 3.63) is 35.6 Å². The van der Waals surface area contributed by atoms with Gasteiger partial charge < -0.3 is 10.6 Å². The van der Waals surface area contributed by atoms with Crippen LogP contribution in [0.5, 0.6) is 0 Å². The highest BCUT2D eigenvalue weighted by molar-refractivity contribution is 5.96. The number of allylic oxidation sites excluding steroid dienone is 5. The van der Waals surface area contributed by atoms with Gasteiger partial charge in [-0.15, -0.1) is 0 Å². The molecule has 0 unspecified atom stereocenters. The van der Waals surface area contributed by atoms with Crippen molar-refractivity contribution in [1.29, 1.82) is 0 Å². The van der Waals surface area contributed by atoms with E-state index in [0.29, 0.717) is 0 Å². The van der Waals surface area contributed by atoms with Crippen LogP contribution in [0.4, 0.5) is 0 Å². The maximum absolute atomic E-state index is 5.99. The summed E-state index contributed by atoms with van der Waals surface area (Å²) in [4.78, 5) is 6.40. The quantitative estimate of drug-likeness (QED) is 0.557. The number of hydrogen-bond acceptors (Lipinski definition) is 3. The molecule has 3 heteroatoms. The van der Waals surface area contributed by atoms with Crippen molar-refractivity contribution in [2.75, 3.05) is 27.7 Å². The average molecular weight is 249 g/mol. The number of nitrogens with two attached hydrogens (primary N) is 1. The van der Waals surface area contributed by atoms with E-state index >= 15 is 0 Å². The fraction of sp³-hybridized carbons (Fsp3) is 0.533. The molecule has 0 aliphatic heterocycles. The highest BCUT2D eigenvalue weighted by Crippen LogP contribution is 2.02. The Hall–Kier alpha value is -1.35. The number of rotatable bonds is 7. The van der Waals surface area contributed by atoms with Gasteiger partial charge in [0.2, 0.25) is 0 Å². The van der Waals surface area contributed by atoms with E-state index in [4.69, 9.17) is 5.73 Å². The lowest BCUT2D eigenvalue weighted by Gasteiger charge is -2.07. The first-order valence-corrected chi connectivity index (χ1v) is 6.35. The van der Waals surface area contributed by atoms with Crippen molar-refractivity contribution in [3.63, 3.8) is 0 Å². The molecule has 0 saturated carbocycles. The van der Waals surface area contributed by atoms with Gasteiger partial charge in [0, 0.05) is 31.4 Å². The predicted octanol–water partition coefficient (Wildman–Crippen LogP) is 2.76. The zero-order valence-electron chi connectivity index (χ0n) is 12.4. The van der Waals surface area contributed by atoms with E-state index in [9.17, 15) is 0 Å². The van der Waals surface area contributed by atoms with E-state index in [1.54, 1.807) is 7.05 Å². The zero-order valence-corrected chi connectivity index (χ0v) is 12.4. The molecule has 0 aliphatic rings. The first-order valence-electron chi connectivity index (χ1n) is 6.35. The third-order valence-corrected chi connectivity index (χ3v) is 2.65. The third kappa shape index (κ3) is 8.76. The van der Waals surface area contributed by atoms with Gasteiger partial charge in [-0.2, -0.15) is 0 Å². The zero-order chi connectivity index (χ0) is 14.0. The molecule has 0 amide bonds. The molecule has 0 bridgehead atoms. The maximum Gasteiger partial charge on any atom is 0.0403 e. The van der Waals surface area contributed by atoms with E-state index in [1.807, 2.05) is 13.0 Å². The fourth-order valence-corrected chi connectivity index (χ4v) is 1.33. The predicted molar refractivity (Wildman–Crippen MR) is 82.0 cm³/mol. The second-order valence-corrected chi connectivity index (χ2v) is 4.63. The molecule has 0 fully saturated rings. The molecule has 0 saturated heterocycles. The lowest BCUT2D eigenvalue weighted by molar-refractivity contribution is 0.416. The highest BCUT2D eigenvalue weighted by Gasteiger charge is 1.97. The lowest BCUT2D eigenvalue weighted by Crippen LogP contribution is -2.13. The van der Waals surface area contributed by atoms with Gasteiger partial charge in [-0.25, -0.2) is 0 Å². The van der Waals surface area contributed by atoms with Crippen LogP contribution < -0.4 is 5.73 Å². The number of nitrogens with zero attached hydrogens (tertiary/aromatic N) is 2. The summed E-state index contributed by atoms with van der Waals surface area (Å²) in [5.41, 5.74) is 9.11. The van der Waals surface area contributed by atoms with Gasteiger partial charge in [0.05, 0.1) is 0 Å². The van der Waals surface area contributed by atoms with Crippen LogP contribution >= 0.6 is 0 Å². The molecule has 0 aromatic carbocycles. The Morgan fingerprint density at radius 3 is 2.44 bits per heavy atom. The second kappa shape index (κ2) is 9.66. The average Bonchev–Trinajstić information content (AvgIpc) is 2.33. The SMILES string of the molecule is C/C=C(C)\C=C/C(C/C(N)=C/CCN(C)C)=NC. The van der Waals surface area contributed by atoms with Crippen LogP contribution in [-0.2, 0) is 0 Å². The molecule has 3 nitrogen and oxygen atoms in total. The topological polar surface area (TPSA) is 41.6 Å². The van der Waals surface area contributed by atoms with Crippen LogP contribution in [0.2, 0.25) is 0 Å². The van der Waals surface area contributed by atoms with Crippen molar-refractivity contribution >= 4 is 5.71 Å². The van der Waals surface area contributed by atoms with Gasteiger partial charge in [-0.05, 0) is 40.4 Å². The Morgan fingerprint density at radius 1 is 1.28 bits per heavy atom. The Labute approximate surface area is 112 Å². The minimum atomic E-state index is 0.720. The summed E-state index contributed by atoms with van der Waals surface area (Å²) in [7, 11) is 5.93. The summed E-state index contributed by atoms with van der Waals surface area (Å²) in [6, 6.07) is 0. The first kappa shape index (κ1) is 16.6. The van der Waals surface area contributed by atoms with Crippen LogP contribution in [0.3, 0.4) is 0 Å². The van der Waals surface area contributed by atoms with Crippen molar-refractivity contribution in [2.24, 2.45) is 10.7 Å². The second-order valence-electron chi connectivity index (χ2n) is 4.63. The molecule has 0 atom stereocenters. The molecule has 0 rings (SSSR count). The number of hydrogen-bond donors (Lipinski definition) is 1. The van der Waals surface area contributed by atoms with Crippen LogP contribution in [0.15, 0.2) is 40.6 Å². The Kier molecular flexibility index (Phi) is 8.93. The smallest absolute Gasteiger partial charge is 0.0403 e. The molecule has 2 N–H and O–H groups in total. The summed E-state index contributed by atoms with van der Waals surface area (Å²) >= 11 is 0. The van der Waals surface area contributed by atoms with Crippen LogP contribution in [0.25, 0.3) is 0 Å². The normalized spacial score (nSPS) is 14.9. The molecular formula is C15H27N3. The van der Waals surface area contributed by atoms with Gasteiger partial charge in [0.15, 0.2) is 0 Å². The fourth-order valence-electron chi connectivity index (χ4n) is 1.33. The third-order valence-electron chi connectivity index (χ3n) is 2.65. The Balaban J connectivity index is 4.33. The van der Waals surface area contributed by atoms with Crippen molar-refractivity contribution in [3.8, 4) is 0 Å². The summed E-state index contributed by atoms with van der Waals surface area (Å²) in [6.07, 6.45) is 9.95. The van der Waals surface area contributed by atoms with E-state index in [0.717, 1.165) is 30.8 Å². The lowest BCUT2D eigenvalue weighted by atomic mass is 10.1. The van der Waals surface area contributed by atoms with Crippen LogP contribution in [-0.4, -0.2) is 38.3 Å². The Morgan fingerprint density at radius 2 is 1.94 bits per heavy atom. The van der Waals surface area contributed by atoms with Crippen LogP contribution in [0.1, 0.15) is 26.7 Å². The van der Waals surface area contributed by atoms with E-state index in [1.165, 1.54) is 5.57 Å². The minimum Gasteiger partial charge on any atom is -0.402 e.